The molecule has 0 spiro atoms. The van der Waals surface area contributed by atoms with Crippen molar-refractivity contribution in [2.24, 2.45) is 0 Å². The van der Waals surface area contributed by atoms with Gasteiger partial charge in [0.25, 0.3) is 0 Å². The quantitative estimate of drug-likeness (QED) is 0.129. The standard InChI is InChI=1S/C60H46N2/c1-5-13-45(14-6-1)48-21-23-49(24-22-48)52-29-39-56(40-30-52)61(55-19-11-4-12-20-55)57-41-31-53(32-42-57)54-33-43-60(44-34-54)62(58-35-25-50(26-36-58)46-15-7-2-8-16-46)59-37-27-51(28-38-59)47-17-9-3-10-18-47/h2-5,7-44H,1,6H2. The number of hydrogen-bond acceptors (Lipinski definition) is 2. The Hall–Kier alpha value is -7.94. The summed E-state index contributed by atoms with van der Waals surface area (Å²) in [5.74, 6) is 0. The molecule has 1 aliphatic rings. The molecule has 2 nitrogen and oxygen atoms in total. The topological polar surface area (TPSA) is 6.48 Å². The molecule has 0 heterocycles. The molecule has 0 aliphatic heterocycles. The van der Waals surface area contributed by atoms with Crippen LogP contribution in [0.2, 0.25) is 0 Å². The van der Waals surface area contributed by atoms with Crippen molar-refractivity contribution in [2.75, 3.05) is 9.80 Å². The van der Waals surface area contributed by atoms with Crippen LogP contribution in [0.3, 0.4) is 0 Å². The minimum atomic E-state index is 1.10. The van der Waals surface area contributed by atoms with Gasteiger partial charge in [-0.3, -0.25) is 0 Å². The number of anilines is 6. The first-order valence-electron chi connectivity index (χ1n) is 21.5. The molecule has 0 amide bonds. The van der Waals surface area contributed by atoms with E-state index in [4.69, 9.17) is 0 Å². The fraction of sp³-hybridized carbons (Fsp3) is 0.0333. The van der Waals surface area contributed by atoms with E-state index < -0.39 is 0 Å². The van der Waals surface area contributed by atoms with Gasteiger partial charge in [-0.2, -0.15) is 0 Å². The SMILES string of the molecule is C1=CC(c2ccc(-c3ccc(N(c4ccccc4)c4ccc(-c5ccc(N(c6ccc(-c7ccccc7)cc6)c6ccc(-c7ccccc7)cc6)cc5)cc4)cc3)cc2)=CCC1. The highest BCUT2D eigenvalue weighted by Crippen LogP contribution is 2.40. The number of rotatable bonds is 11. The van der Waals surface area contributed by atoms with Gasteiger partial charge in [-0.15, -0.1) is 0 Å². The molecule has 296 valence electrons. The highest BCUT2D eigenvalue weighted by molar-refractivity contribution is 5.83. The Bertz CT molecular complexity index is 2830. The highest BCUT2D eigenvalue weighted by atomic mass is 15.1. The van der Waals surface area contributed by atoms with Crippen molar-refractivity contribution in [3.8, 4) is 44.5 Å². The van der Waals surface area contributed by atoms with Crippen LogP contribution in [0.4, 0.5) is 34.1 Å². The van der Waals surface area contributed by atoms with Gasteiger partial charge >= 0.3 is 0 Å². The van der Waals surface area contributed by atoms with E-state index in [0.717, 1.165) is 58.1 Å². The molecule has 10 rings (SSSR count). The number of allylic oxidation sites excluding steroid dienone is 4. The first-order chi connectivity index (χ1) is 30.7. The molecular weight excluding hydrogens is 749 g/mol. The molecule has 0 aromatic heterocycles. The molecule has 0 saturated carbocycles. The van der Waals surface area contributed by atoms with Crippen molar-refractivity contribution < 1.29 is 0 Å². The molecule has 62 heavy (non-hydrogen) atoms. The third kappa shape index (κ3) is 8.28. The fourth-order valence-electron chi connectivity index (χ4n) is 8.43. The zero-order chi connectivity index (χ0) is 41.5. The van der Waals surface area contributed by atoms with Gasteiger partial charge in [-0.05, 0) is 141 Å². The maximum Gasteiger partial charge on any atom is 0.0462 e. The maximum absolute atomic E-state index is 2.33. The average Bonchev–Trinajstić information content (AvgIpc) is 3.36. The van der Waals surface area contributed by atoms with E-state index in [1.54, 1.807) is 0 Å². The predicted molar refractivity (Wildman–Crippen MR) is 264 cm³/mol. The van der Waals surface area contributed by atoms with Gasteiger partial charge in [0.2, 0.25) is 0 Å². The van der Waals surface area contributed by atoms with Gasteiger partial charge < -0.3 is 9.80 Å². The molecule has 0 saturated heterocycles. The van der Waals surface area contributed by atoms with Crippen LogP contribution in [0.25, 0.3) is 50.1 Å². The van der Waals surface area contributed by atoms with E-state index in [9.17, 15) is 0 Å². The molecule has 0 fully saturated rings. The highest BCUT2D eigenvalue weighted by Gasteiger charge is 2.16. The van der Waals surface area contributed by atoms with Crippen molar-refractivity contribution >= 4 is 39.7 Å². The number of nitrogens with zero attached hydrogens (tertiary/aromatic N) is 2. The zero-order valence-corrected chi connectivity index (χ0v) is 34.6. The fourth-order valence-corrected chi connectivity index (χ4v) is 8.43. The Labute approximate surface area is 365 Å². The average molecular weight is 795 g/mol. The molecular formula is C60H46N2. The van der Waals surface area contributed by atoms with Gasteiger partial charge in [0.05, 0.1) is 0 Å². The van der Waals surface area contributed by atoms with Crippen molar-refractivity contribution in [2.45, 2.75) is 12.8 Å². The van der Waals surface area contributed by atoms with Crippen molar-refractivity contribution in [3.05, 3.63) is 260 Å². The summed E-state index contributed by atoms with van der Waals surface area (Å²) in [6, 6.07) is 85.2. The second-order valence-electron chi connectivity index (χ2n) is 15.7. The van der Waals surface area contributed by atoms with Crippen LogP contribution in [0.5, 0.6) is 0 Å². The lowest BCUT2D eigenvalue weighted by atomic mass is 9.97. The van der Waals surface area contributed by atoms with Gasteiger partial charge in [0.15, 0.2) is 0 Å². The van der Waals surface area contributed by atoms with Gasteiger partial charge in [0, 0.05) is 34.1 Å². The summed E-state index contributed by atoms with van der Waals surface area (Å²) in [5.41, 5.74) is 18.8. The second kappa shape index (κ2) is 17.7. The molecule has 0 atom stereocenters. The van der Waals surface area contributed by atoms with Crippen LogP contribution in [-0.4, -0.2) is 0 Å². The van der Waals surface area contributed by atoms with E-state index in [0.29, 0.717) is 0 Å². The van der Waals surface area contributed by atoms with Crippen molar-refractivity contribution in [1.29, 1.82) is 0 Å². The second-order valence-corrected chi connectivity index (χ2v) is 15.7. The van der Waals surface area contributed by atoms with E-state index in [-0.39, 0.29) is 0 Å². The van der Waals surface area contributed by atoms with Crippen LogP contribution >= 0.6 is 0 Å². The van der Waals surface area contributed by atoms with Gasteiger partial charge in [-0.1, -0.05) is 182 Å². The van der Waals surface area contributed by atoms with Crippen LogP contribution in [0.15, 0.2) is 255 Å². The summed E-state index contributed by atoms with van der Waals surface area (Å²) in [6.07, 6.45) is 9.08. The summed E-state index contributed by atoms with van der Waals surface area (Å²) in [7, 11) is 0. The lowest BCUT2D eigenvalue weighted by Crippen LogP contribution is -2.10. The minimum absolute atomic E-state index is 1.10. The molecule has 0 bridgehead atoms. The number of benzene rings is 9. The molecule has 0 unspecified atom stereocenters. The Morgan fingerprint density at radius 2 is 0.484 bits per heavy atom. The van der Waals surface area contributed by atoms with Gasteiger partial charge in [0.1, 0.15) is 0 Å². The number of hydrogen-bond donors (Lipinski definition) is 0. The summed E-state index contributed by atoms with van der Waals surface area (Å²) >= 11 is 0. The number of para-hydroxylation sites is 1. The molecule has 9 aromatic carbocycles. The van der Waals surface area contributed by atoms with E-state index in [1.165, 1.54) is 44.5 Å². The van der Waals surface area contributed by atoms with Crippen LogP contribution in [0.1, 0.15) is 18.4 Å². The van der Waals surface area contributed by atoms with Crippen molar-refractivity contribution in [3.63, 3.8) is 0 Å². The van der Waals surface area contributed by atoms with E-state index >= 15 is 0 Å². The zero-order valence-electron chi connectivity index (χ0n) is 34.6. The predicted octanol–water partition coefficient (Wildman–Crippen LogP) is 17.0. The lowest BCUT2D eigenvalue weighted by molar-refractivity contribution is 1.04. The maximum atomic E-state index is 2.33. The van der Waals surface area contributed by atoms with Crippen LogP contribution in [0, 0.1) is 0 Å². The summed E-state index contributed by atoms with van der Waals surface area (Å²) in [6.45, 7) is 0. The summed E-state index contributed by atoms with van der Waals surface area (Å²) in [5, 5.41) is 0. The third-order valence-corrected chi connectivity index (χ3v) is 11.7. The van der Waals surface area contributed by atoms with E-state index in [2.05, 4.69) is 265 Å². The smallest absolute Gasteiger partial charge is 0.0462 e. The first kappa shape index (κ1) is 38.3. The van der Waals surface area contributed by atoms with Crippen molar-refractivity contribution in [1.82, 2.24) is 0 Å². The molecule has 1 aliphatic carbocycles. The Morgan fingerprint density at radius 3 is 0.790 bits per heavy atom. The monoisotopic (exact) mass is 794 g/mol. The summed E-state index contributed by atoms with van der Waals surface area (Å²) < 4.78 is 0. The Kier molecular flexibility index (Phi) is 10.9. The van der Waals surface area contributed by atoms with Crippen LogP contribution in [-0.2, 0) is 0 Å². The molecule has 0 radical (unpaired) electrons. The van der Waals surface area contributed by atoms with Crippen LogP contribution < -0.4 is 9.80 Å². The lowest BCUT2D eigenvalue weighted by Gasteiger charge is -2.26. The summed E-state index contributed by atoms with van der Waals surface area (Å²) in [4.78, 5) is 4.66. The third-order valence-electron chi connectivity index (χ3n) is 11.7. The van der Waals surface area contributed by atoms with E-state index in [1.807, 2.05) is 0 Å². The first-order valence-corrected chi connectivity index (χ1v) is 21.5. The molecule has 9 aromatic rings. The Morgan fingerprint density at radius 1 is 0.226 bits per heavy atom. The molecule has 2 heteroatoms. The minimum Gasteiger partial charge on any atom is -0.311 e. The molecule has 0 N–H and O–H groups in total. The normalized spacial score (nSPS) is 12.1. The largest absolute Gasteiger partial charge is 0.311 e. The Balaban J connectivity index is 0.919. The van der Waals surface area contributed by atoms with Gasteiger partial charge in [-0.25, -0.2) is 0 Å².